The number of carbonyl (C=O) groups is 1. The molecule has 0 aliphatic rings. The molecule has 3 nitrogen and oxygen atoms in total. The van der Waals surface area contributed by atoms with Gasteiger partial charge < -0.3 is 10.6 Å². The van der Waals surface area contributed by atoms with E-state index in [-0.39, 0.29) is 0 Å². The summed E-state index contributed by atoms with van der Waals surface area (Å²) in [5, 5.41) is 5.16. The Labute approximate surface area is 119 Å². The molecule has 0 spiro atoms. The predicted octanol–water partition coefficient (Wildman–Crippen LogP) is 3.71. The number of anilines is 2. The number of carbonyl (C=O) groups excluding carboxylic acids is 1. The van der Waals surface area contributed by atoms with Crippen molar-refractivity contribution in [1.29, 1.82) is 0 Å². The zero-order chi connectivity index (χ0) is 15.6. The van der Waals surface area contributed by atoms with Crippen LogP contribution in [0.1, 0.15) is 15.9 Å². The highest BCUT2D eigenvalue weighted by Crippen LogP contribution is 2.21. The lowest BCUT2D eigenvalue weighted by Gasteiger charge is -2.10. The molecule has 0 aliphatic carbocycles. The first-order chi connectivity index (χ1) is 9.93. The summed E-state index contributed by atoms with van der Waals surface area (Å²) < 4.78 is 39.5. The summed E-state index contributed by atoms with van der Waals surface area (Å²) in [6.45, 7) is 1.72. The molecule has 6 heteroatoms. The summed E-state index contributed by atoms with van der Waals surface area (Å²) in [5.41, 5.74) is 1.40. The van der Waals surface area contributed by atoms with Crippen LogP contribution in [0.2, 0.25) is 0 Å². The van der Waals surface area contributed by atoms with Gasteiger partial charge in [0.2, 0.25) is 0 Å². The third-order valence-electron chi connectivity index (χ3n) is 3.04. The van der Waals surface area contributed by atoms with Gasteiger partial charge in [0.25, 0.3) is 5.91 Å². The highest BCUT2D eigenvalue weighted by Gasteiger charge is 2.16. The van der Waals surface area contributed by atoms with Crippen LogP contribution in [0.4, 0.5) is 24.5 Å². The van der Waals surface area contributed by atoms with Crippen molar-refractivity contribution in [3.63, 3.8) is 0 Å². The lowest BCUT2D eigenvalue weighted by Crippen LogP contribution is -2.15. The Morgan fingerprint density at radius 1 is 1.05 bits per heavy atom. The average molecular weight is 294 g/mol. The van der Waals surface area contributed by atoms with Crippen molar-refractivity contribution >= 4 is 17.3 Å². The van der Waals surface area contributed by atoms with E-state index in [9.17, 15) is 18.0 Å². The van der Waals surface area contributed by atoms with Gasteiger partial charge in [-0.1, -0.05) is 0 Å². The quantitative estimate of drug-likeness (QED) is 0.847. The van der Waals surface area contributed by atoms with Crippen molar-refractivity contribution in [1.82, 2.24) is 0 Å². The van der Waals surface area contributed by atoms with E-state index in [1.807, 2.05) is 0 Å². The van der Waals surface area contributed by atoms with Crippen LogP contribution in [0.5, 0.6) is 0 Å². The molecule has 21 heavy (non-hydrogen) atoms. The molecule has 0 atom stereocenters. The maximum atomic E-state index is 13.5. The Kier molecular flexibility index (Phi) is 4.16. The average Bonchev–Trinajstić information content (AvgIpc) is 2.47. The van der Waals surface area contributed by atoms with E-state index >= 15 is 0 Å². The summed E-state index contributed by atoms with van der Waals surface area (Å²) >= 11 is 0. The maximum absolute atomic E-state index is 13.5. The number of hydrogen-bond donors (Lipinski definition) is 2. The minimum atomic E-state index is -1.62. The van der Waals surface area contributed by atoms with Crippen LogP contribution in [0.25, 0.3) is 0 Å². The number of amides is 1. The summed E-state index contributed by atoms with van der Waals surface area (Å²) in [7, 11) is 1.74. The van der Waals surface area contributed by atoms with Gasteiger partial charge in [0.15, 0.2) is 17.5 Å². The van der Waals surface area contributed by atoms with E-state index < -0.39 is 29.0 Å². The number of halogens is 3. The molecule has 2 N–H and O–H groups in total. The van der Waals surface area contributed by atoms with Gasteiger partial charge in [-0.05, 0) is 42.8 Å². The minimum Gasteiger partial charge on any atom is -0.388 e. The third kappa shape index (κ3) is 2.99. The smallest absolute Gasteiger partial charge is 0.256 e. The normalized spacial score (nSPS) is 10.3. The molecule has 110 valence electrons. The highest BCUT2D eigenvalue weighted by molar-refractivity contribution is 6.05. The first kappa shape index (κ1) is 14.9. The van der Waals surface area contributed by atoms with Crippen LogP contribution in [-0.4, -0.2) is 13.0 Å². The standard InChI is InChI=1S/C15H13F3N2O/c1-8-7-9(19-2)3-4-10(8)15(21)20-12-6-5-11(16)13(17)14(12)18/h3-7,19H,1-2H3,(H,20,21). The molecule has 1 amide bonds. The monoisotopic (exact) mass is 294 g/mol. The van der Waals surface area contributed by atoms with Gasteiger partial charge in [-0.15, -0.1) is 0 Å². The van der Waals surface area contributed by atoms with E-state index in [1.165, 1.54) is 0 Å². The van der Waals surface area contributed by atoms with Gasteiger partial charge in [-0.2, -0.15) is 0 Å². The molecule has 2 aromatic rings. The Morgan fingerprint density at radius 3 is 2.38 bits per heavy atom. The summed E-state index contributed by atoms with van der Waals surface area (Å²) in [6.07, 6.45) is 0. The second kappa shape index (κ2) is 5.87. The van der Waals surface area contributed by atoms with Crippen molar-refractivity contribution in [2.75, 3.05) is 17.7 Å². The molecule has 0 heterocycles. The summed E-state index contributed by atoms with van der Waals surface area (Å²) in [6, 6.07) is 6.72. The lowest BCUT2D eigenvalue weighted by atomic mass is 10.1. The van der Waals surface area contributed by atoms with Gasteiger partial charge in [0.1, 0.15) is 0 Å². The van der Waals surface area contributed by atoms with E-state index in [0.717, 1.165) is 17.8 Å². The molecule has 0 bridgehead atoms. The number of rotatable bonds is 3. The van der Waals surface area contributed by atoms with Gasteiger partial charge >= 0.3 is 0 Å². The van der Waals surface area contributed by atoms with Crippen molar-refractivity contribution in [2.45, 2.75) is 6.92 Å². The molecule has 2 rings (SSSR count). The molecule has 2 aromatic carbocycles. The first-order valence-electron chi connectivity index (χ1n) is 6.17. The molecule has 0 saturated heterocycles. The second-order valence-corrected chi connectivity index (χ2v) is 4.46. The van der Waals surface area contributed by atoms with E-state index in [0.29, 0.717) is 11.1 Å². The molecule has 0 fully saturated rings. The Hall–Kier alpha value is -2.50. The topological polar surface area (TPSA) is 41.1 Å². The van der Waals surface area contributed by atoms with Crippen LogP contribution in [-0.2, 0) is 0 Å². The third-order valence-corrected chi connectivity index (χ3v) is 3.04. The summed E-state index contributed by atoms with van der Waals surface area (Å²) in [5.74, 6) is -4.94. The van der Waals surface area contributed by atoms with Crippen LogP contribution in [0, 0.1) is 24.4 Å². The van der Waals surface area contributed by atoms with Crippen LogP contribution >= 0.6 is 0 Å². The Bertz CT molecular complexity index is 702. The fourth-order valence-corrected chi connectivity index (χ4v) is 1.89. The molecular weight excluding hydrogens is 281 g/mol. The molecule has 0 radical (unpaired) electrons. The van der Waals surface area contributed by atoms with Crippen molar-refractivity contribution in [2.24, 2.45) is 0 Å². The highest BCUT2D eigenvalue weighted by atomic mass is 19.2. The number of aryl methyl sites for hydroxylation is 1. The van der Waals surface area contributed by atoms with Crippen molar-refractivity contribution in [3.8, 4) is 0 Å². The molecule has 0 saturated carbocycles. The van der Waals surface area contributed by atoms with Crippen LogP contribution in [0.15, 0.2) is 30.3 Å². The maximum Gasteiger partial charge on any atom is 0.256 e. The van der Waals surface area contributed by atoms with Gasteiger partial charge in [0, 0.05) is 18.3 Å². The van der Waals surface area contributed by atoms with Crippen molar-refractivity contribution in [3.05, 3.63) is 58.9 Å². The number of nitrogens with one attached hydrogen (secondary N) is 2. The SMILES string of the molecule is CNc1ccc(C(=O)Nc2ccc(F)c(F)c2F)c(C)c1. The first-order valence-corrected chi connectivity index (χ1v) is 6.17. The van der Waals surface area contributed by atoms with E-state index in [4.69, 9.17) is 0 Å². The number of hydrogen-bond acceptors (Lipinski definition) is 2. The molecule has 0 unspecified atom stereocenters. The predicted molar refractivity (Wildman–Crippen MR) is 75.0 cm³/mol. The largest absolute Gasteiger partial charge is 0.388 e. The fourth-order valence-electron chi connectivity index (χ4n) is 1.89. The van der Waals surface area contributed by atoms with Gasteiger partial charge in [0.05, 0.1) is 5.69 Å². The van der Waals surface area contributed by atoms with Gasteiger partial charge in [-0.25, -0.2) is 13.2 Å². The Balaban J connectivity index is 2.28. The van der Waals surface area contributed by atoms with Crippen LogP contribution < -0.4 is 10.6 Å². The molecular formula is C15H13F3N2O. The molecule has 0 aromatic heterocycles. The zero-order valence-electron chi connectivity index (χ0n) is 11.4. The fraction of sp³-hybridized carbons (Fsp3) is 0.133. The molecule has 0 aliphatic heterocycles. The van der Waals surface area contributed by atoms with E-state index in [2.05, 4.69) is 10.6 Å². The van der Waals surface area contributed by atoms with Gasteiger partial charge in [-0.3, -0.25) is 4.79 Å². The number of benzene rings is 2. The zero-order valence-corrected chi connectivity index (χ0v) is 11.4. The second-order valence-electron chi connectivity index (χ2n) is 4.46. The summed E-state index contributed by atoms with van der Waals surface area (Å²) in [4.78, 5) is 12.1. The lowest BCUT2D eigenvalue weighted by molar-refractivity contribution is 0.102. The Morgan fingerprint density at radius 2 is 1.76 bits per heavy atom. The minimum absolute atomic E-state index is 0.318. The van der Waals surface area contributed by atoms with Crippen molar-refractivity contribution < 1.29 is 18.0 Å². The van der Waals surface area contributed by atoms with Crippen LogP contribution in [0.3, 0.4) is 0 Å². The van der Waals surface area contributed by atoms with E-state index in [1.54, 1.807) is 32.2 Å².